The molecule has 2 fully saturated rings. The number of methoxy groups -OCH3 is 2. The largest absolute Gasteiger partial charge is 0.383 e. The summed E-state index contributed by atoms with van der Waals surface area (Å²) in [4.78, 5) is 47.6. The lowest BCUT2D eigenvalue weighted by Crippen LogP contribution is -2.59. The first-order valence-electron chi connectivity index (χ1n) is 17.0. The zero-order valence-electron chi connectivity index (χ0n) is 29.5. The number of anilines is 1. The molecule has 0 aliphatic carbocycles. The van der Waals surface area contributed by atoms with Gasteiger partial charge < -0.3 is 34.5 Å². The van der Waals surface area contributed by atoms with E-state index < -0.39 is 23.1 Å². The molecule has 3 amide bonds. The predicted octanol–water partition coefficient (Wildman–Crippen LogP) is 4.14. The van der Waals surface area contributed by atoms with Gasteiger partial charge >= 0.3 is 0 Å². The molecule has 2 N–H and O–H groups in total. The zero-order chi connectivity index (χ0) is 37.2. The van der Waals surface area contributed by atoms with Crippen molar-refractivity contribution in [2.75, 3.05) is 65.4 Å². The summed E-state index contributed by atoms with van der Waals surface area (Å²) in [5.74, 6) is -3.15. The third kappa shape index (κ3) is 7.05. The van der Waals surface area contributed by atoms with Crippen LogP contribution in [0.25, 0.3) is 22.4 Å². The van der Waals surface area contributed by atoms with Crippen molar-refractivity contribution in [2.24, 2.45) is 7.05 Å². The molecule has 0 bridgehead atoms. The molecule has 4 aromatic rings. The average molecular weight is 739 g/mol. The van der Waals surface area contributed by atoms with E-state index in [-0.39, 0.29) is 45.0 Å². The summed E-state index contributed by atoms with van der Waals surface area (Å²) in [5, 5.41) is 10.4. The van der Waals surface area contributed by atoms with Crippen molar-refractivity contribution < 1.29 is 32.6 Å². The Hall–Kier alpha value is -4.70. The van der Waals surface area contributed by atoms with Gasteiger partial charge in [0.05, 0.1) is 41.8 Å². The van der Waals surface area contributed by atoms with Crippen molar-refractivity contribution in [2.45, 2.75) is 31.9 Å². The highest BCUT2D eigenvalue weighted by Gasteiger charge is 2.43. The van der Waals surface area contributed by atoms with Crippen LogP contribution in [-0.4, -0.2) is 113 Å². The molecule has 276 valence electrons. The van der Waals surface area contributed by atoms with E-state index in [4.69, 9.17) is 21.1 Å². The topological polar surface area (TPSA) is 136 Å². The number of nitrogens with one attached hydrogen (secondary N) is 2. The smallest absolute Gasteiger partial charge is 0.291 e. The molecule has 6 rings (SSSR count). The summed E-state index contributed by atoms with van der Waals surface area (Å²) in [7, 11) is 4.66. The second-order valence-electron chi connectivity index (χ2n) is 12.9. The van der Waals surface area contributed by atoms with E-state index in [1.807, 2.05) is 0 Å². The number of hydrogen-bond acceptors (Lipinski definition) is 8. The molecule has 2 saturated heterocycles. The first-order chi connectivity index (χ1) is 25.0. The first kappa shape index (κ1) is 37.1. The molecule has 2 aromatic heterocycles. The number of piperidine rings is 1. The van der Waals surface area contributed by atoms with E-state index >= 15 is 8.78 Å². The third-order valence-corrected chi connectivity index (χ3v) is 10.3. The highest BCUT2D eigenvalue weighted by Crippen LogP contribution is 2.33. The number of hydrogen-bond donors (Lipinski definition) is 2. The minimum atomic E-state index is -1.09. The maximum atomic E-state index is 15.5. The molecule has 16 heteroatoms. The van der Waals surface area contributed by atoms with E-state index in [0.717, 1.165) is 0 Å². The van der Waals surface area contributed by atoms with Crippen molar-refractivity contribution in [3.63, 3.8) is 0 Å². The van der Waals surface area contributed by atoms with E-state index in [1.54, 1.807) is 41.7 Å². The van der Waals surface area contributed by atoms with Crippen LogP contribution in [0.5, 0.6) is 0 Å². The van der Waals surface area contributed by atoms with Crippen LogP contribution in [0.3, 0.4) is 0 Å². The quantitative estimate of drug-likeness (QED) is 0.248. The van der Waals surface area contributed by atoms with Gasteiger partial charge in [-0.15, -0.1) is 0 Å². The van der Waals surface area contributed by atoms with Crippen LogP contribution in [0.1, 0.15) is 39.5 Å². The van der Waals surface area contributed by atoms with Gasteiger partial charge in [0.15, 0.2) is 17.5 Å². The van der Waals surface area contributed by atoms with Gasteiger partial charge in [-0.1, -0.05) is 17.7 Å². The summed E-state index contributed by atoms with van der Waals surface area (Å²) in [6, 6.07) is 7.45. The molecule has 0 unspecified atom stereocenters. The number of nitrogens with zero attached hydrogens (tertiary/aromatic N) is 6. The molecule has 0 atom stereocenters. The Morgan fingerprint density at radius 2 is 1.63 bits per heavy atom. The van der Waals surface area contributed by atoms with Crippen molar-refractivity contribution >= 4 is 35.0 Å². The minimum absolute atomic E-state index is 0.0507. The van der Waals surface area contributed by atoms with Crippen molar-refractivity contribution in [1.29, 1.82) is 0 Å². The monoisotopic (exact) mass is 738 g/mol. The number of carbonyl (C=O) groups is 3. The second kappa shape index (κ2) is 15.5. The Labute approximate surface area is 304 Å². The maximum absolute atomic E-state index is 15.5. The van der Waals surface area contributed by atoms with Gasteiger partial charge in [-0.3, -0.25) is 19.1 Å². The lowest BCUT2D eigenvalue weighted by Gasteiger charge is -2.42. The van der Waals surface area contributed by atoms with Crippen molar-refractivity contribution in [1.82, 2.24) is 34.4 Å². The predicted molar refractivity (Wildman–Crippen MR) is 190 cm³/mol. The molecule has 0 spiro atoms. The summed E-state index contributed by atoms with van der Waals surface area (Å²) in [6.07, 6.45) is 3.97. The van der Waals surface area contributed by atoms with Gasteiger partial charge in [0.2, 0.25) is 0 Å². The number of aromatic nitrogens is 4. The molecule has 13 nitrogen and oxygen atoms in total. The van der Waals surface area contributed by atoms with Gasteiger partial charge in [-0.2, -0.15) is 5.10 Å². The van der Waals surface area contributed by atoms with Crippen LogP contribution >= 0.6 is 11.6 Å². The van der Waals surface area contributed by atoms with Gasteiger partial charge in [0, 0.05) is 75.5 Å². The molecular weight excluding hydrogens is 698 g/mol. The minimum Gasteiger partial charge on any atom is -0.383 e. The fraction of sp³-hybridized carbons (Fsp3) is 0.417. The van der Waals surface area contributed by atoms with E-state index in [1.165, 1.54) is 48.3 Å². The molecule has 4 heterocycles. The van der Waals surface area contributed by atoms with Crippen molar-refractivity contribution in [3.8, 4) is 22.4 Å². The second-order valence-corrected chi connectivity index (χ2v) is 13.3. The van der Waals surface area contributed by atoms with Crippen LogP contribution in [0.2, 0.25) is 5.02 Å². The number of imidazole rings is 1. The SMILES string of the molecule is COCCn1ncc(-c2ccc(-c3cnc(C(=O)Nc4ccc(C(=O)N5CCN(C(=O)C6(OC)CCNCC6)CC5)c(Cl)c4)n3C)c(F)c2F)c1C. The summed E-state index contributed by atoms with van der Waals surface area (Å²) in [5.41, 5.74) is 1.02. The maximum Gasteiger partial charge on any atom is 0.291 e. The van der Waals surface area contributed by atoms with Gasteiger partial charge in [0.1, 0.15) is 5.60 Å². The molecule has 52 heavy (non-hydrogen) atoms. The number of ether oxygens (including phenoxy) is 2. The number of rotatable bonds is 10. The van der Waals surface area contributed by atoms with Gasteiger partial charge in [-0.05, 0) is 57.1 Å². The molecule has 2 aliphatic heterocycles. The normalized spacial score (nSPS) is 15.9. The Morgan fingerprint density at radius 1 is 0.962 bits per heavy atom. The summed E-state index contributed by atoms with van der Waals surface area (Å²) >= 11 is 6.53. The number of carbonyl (C=O) groups excluding carboxylic acids is 3. The van der Waals surface area contributed by atoms with Gasteiger partial charge in [0.25, 0.3) is 17.7 Å². The molecule has 0 saturated carbocycles. The van der Waals surface area contributed by atoms with E-state index in [9.17, 15) is 14.4 Å². The molecule has 2 aliphatic rings. The van der Waals surface area contributed by atoms with Crippen LogP contribution in [-0.2, 0) is 27.9 Å². The Bertz CT molecular complexity index is 1980. The van der Waals surface area contributed by atoms with Crippen LogP contribution in [0, 0.1) is 18.6 Å². The molecular formula is C36H41ClF2N8O5. The third-order valence-electron chi connectivity index (χ3n) is 9.95. The molecule has 2 aromatic carbocycles. The Balaban J connectivity index is 1.10. The van der Waals surface area contributed by atoms with Crippen LogP contribution < -0.4 is 10.6 Å². The number of amides is 3. The van der Waals surface area contributed by atoms with Crippen molar-refractivity contribution in [3.05, 3.63) is 76.5 Å². The van der Waals surface area contributed by atoms with Crippen LogP contribution in [0.15, 0.2) is 42.7 Å². The van der Waals surface area contributed by atoms with Gasteiger partial charge in [-0.25, -0.2) is 13.8 Å². The highest BCUT2D eigenvalue weighted by molar-refractivity contribution is 6.34. The number of piperazine rings is 1. The van der Waals surface area contributed by atoms with E-state index in [0.29, 0.717) is 82.2 Å². The van der Waals surface area contributed by atoms with Crippen LogP contribution in [0.4, 0.5) is 14.5 Å². The summed E-state index contributed by atoms with van der Waals surface area (Å²) in [6.45, 7) is 5.50. The lowest BCUT2D eigenvalue weighted by molar-refractivity contribution is -0.159. The Morgan fingerprint density at radius 3 is 2.31 bits per heavy atom. The lowest BCUT2D eigenvalue weighted by atomic mass is 9.90. The number of benzene rings is 2. The summed E-state index contributed by atoms with van der Waals surface area (Å²) < 4.78 is 44.8. The zero-order valence-corrected chi connectivity index (χ0v) is 30.2. The standard InChI is InChI=1S/C36H41ClF2N8O5/c1-22-27(20-42-47(22)17-18-51-3)24-7-8-26(31(39)30(24)38)29-21-41-32(44(29)2)33(48)43-23-5-6-25(28(37)19-23)34(49)45-13-15-46(16-14-45)35(50)36(52-4)9-11-40-12-10-36/h5-8,19-21,40H,9-18H2,1-4H3,(H,43,48). The Kier molecular flexibility index (Phi) is 11.0. The fourth-order valence-corrected chi connectivity index (χ4v) is 7.06. The average Bonchev–Trinajstić information content (AvgIpc) is 3.72. The first-order valence-corrected chi connectivity index (χ1v) is 17.3. The van der Waals surface area contributed by atoms with E-state index in [2.05, 4.69) is 20.7 Å². The highest BCUT2D eigenvalue weighted by atomic mass is 35.5. The number of halogens is 3. The fourth-order valence-electron chi connectivity index (χ4n) is 6.80. The molecule has 0 radical (unpaired) electrons.